The number of carbonyl (C=O) groups excluding carboxylic acids is 1. The normalized spacial score (nSPS) is 14.4. The fourth-order valence-corrected chi connectivity index (χ4v) is 4.36. The molecule has 174 valence electrons. The van der Waals surface area contributed by atoms with Crippen molar-refractivity contribution in [1.82, 2.24) is 40.1 Å². The molecule has 0 saturated heterocycles. The molecule has 0 spiro atoms. The third-order valence-corrected chi connectivity index (χ3v) is 6.21. The smallest absolute Gasteiger partial charge is 0.248 e. The second-order valence-electron chi connectivity index (χ2n) is 8.65. The van der Waals surface area contributed by atoms with Crippen molar-refractivity contribution in [3.63, 3.8) is 0 Å². The highest BCUT2D eigenvalue weighted by molar-refractivity contribution is 6.02. The quantitative estimate of drug-likeness (QED) is 0.379. The highest BCUT2D eigenvalue weighted by atomic mass is 16.1. The summed E-state index contributed by atoms with van der Waals surface area (Å²) < 4.78 is 3.85. The fraction of sp³-hybridized carbons (Fsp3) is 0.435. The molecule has 4 N–H and O–H groups in total. The van der Waals surface area contributed by atoms with Crippen LogP contribution in [0.25, 0.3) is 33.8 Å². The molecule has 1 aromatic carbocycles. The van der Waals surface area contributed by atoms with Crippen LogP contribution in [0.4, 0.5) is 0 Å². The zero-order valence-electron chi connectivity index (χ0n) is 18.5. The van der Waals surface area contributed by atoms with E-state index in [0.29, 0.717) is 17.2 Å². The maximum Gasteiger partial charge on any atom is 0.248 e. The Morgan fingerprint density at radius 2 is 2.06 bits per heavy atom. The molecule has 0 aliphatic heterocycles. The summed E-state index contributed by atoms with van der Waals surface area (Å²) in [5.74, 6) is 0.622. The first-order valence-electron chi connectivity index (χ1n) is 10.8. The van der Waals surface area contributed by atoms with Gasteiger partial charge < -0.3 is 11.1 Å². The standard InChI is InChI=1S/C22H27N9O.CH4/c1-4-30-18(7-13(2)29-30)21-26-20(27-28-21)15-8-14(19(23)32)9-17-16(15)10-25-31(17)12-22(5-6-22)11-24-3;/h7-10,24H,4-6,11-12H2,1-3H3,(H2,23,32)(H,26,27,28);1H4. The van der Waals surface area contributed by atoms with E-state index in [2.05, 4.69) is 25.7 Å². The van der Waals surface area contributed by atoms with Gasteiger partial charge in [-0.05, 0) is 51.9 Å². The second-order valence-corrected chi connectivity index (χ2v) is 8.65. The van der Waals surface area contributed by atoms with Crippen LogP contribution in [-0.4, -0.2) is 54.2 Å². The van der Waals surface area contributed by atoms with Crippen LogP contribution in [0.5, 0.6) is 0 Å². The van der Waals surface area contributed by atoms with Gasteiger partial charge in [-0.2, -0.15) is 15.3 Å². The minimum atomic E-state index is -0.493. The van der Waals surface area contributed by atoms with Gasteiger partial charge >= 0.3 is 0 Å². The number of aromatic nitrogens is 7. The molecule has 5 rings (SSSR count). The van der Waals surface area contributed by atoms with Gasteiger partial charge in [0.1, 0.15) is 5.69 Å². The lowest BCUT2D eigenvalue weighted by atomic mass is 10.0. The molecule has 1 aliphatic rings. The maximum atomic E-state index is 12.1. The third kappa shape index (κ3) is 4.02. The van der Waals surface area contributed by atoms with Crippen LogP contribution in [0.1, 0.15) is 43.2 Å². The predicted octanol–water partition coefficient (Wildman–Crippen LogP) is 2.75. The number of aromatic amines is 1. The second kappa shape index (κ2) is 8.43. The van der Waals surface area contributed by atoms with Crippen LogP contribution in [0.2, 0.25) is 0 Å². The largest absolute Gasteiger partial charge is 0.366 e. The molecule has 0 atom stereocenters. The molecule has 10 nitrogen and oxygen atoms in total. The molecule has 10 heteroatoms. The Balaban J connectivity index is 0.00000259. The van der Waals surface area contributed by atoms with Gasteiger partial charge in [0.15, 0.2) is 11.6 Å². The highest BCUT2D eigenvalue weighted by Crippen LogP contribution is 2.47. The highest BCUT2D eigenvalue weighted by Gasteiger charge is 2.42. The van der Waals surface area contributed by atoms with Crippen LogP contribution < -0.4 is 11.1 Å². The zero-order chi connectivity index (χ0) is 22.5. The van der Waals surface area contributed by atoms with Gasteiger partial charge in [0.05, 0.1) is 17.4 Å². The van der Waals surface area contributed by atoms with E-state index in [0.717, 1.165) is 60.3 Å². The molecular weight excluding hydrogens is 418 g/mol. The van der Waals surface area contributed by atoms with E-state index in [1.165, 1.54) is 0 Å². The number of nitrogens with zero attached hydrogens (tertiary/aromatic N) is 6. The number of hydrogen-bond donors (Lipinski definition) is 3. The first kappa shape index (κ1) is 22.7. The van der Waals surface area contributed by atoms with Crippen molar-refractivity contribution in [2.45, 2.75) is 47.2 Å². The van der Waals surface area contributed by atoms with Crippen molar-refractivity contribution in [3.8, 4) is 22.9 Å². The summed E-state index contributed by atoms with van der Waals surface area (Å²) in [6.45, 7) is 6.42. The van der Waals surface area contributed by atoms with Crippen LogP contribution in [0.3, 0.4) is 0 Å². The molecular formula is C23H31N9O. The van der Waals surface area contributed by atoms with Gasteiger partial charge in [0, 0.05) is 41.6 Å². The first-order chi connectivity index (χ1) is 15.4. The van der Waals surface area contributed by atoms with Crippen molar-refractivity contribution in [2.75, 3.05) is 13.6 Å². The molecule has 3 heterocycles. The third-order valence-electron chi connectivity index (χ3n) is 6.21. The number of benzene rings is 1. The van der Waals surface area contributed by atoms with E-state index in [4.69, 9.17) is 10.7 Å². The molecule has 1 fully saturated rings. The SMILES string of the molecule is C.CCn1nc(C)cc1-c1nc(-c2cc(C(N)=O)cc3c2cnn3CC2(CNC)CC2)n[nH]1. The number of nitrogens with one attached hydrogen (secondary N) is 2. The summed E-state index contributed by atoms with van der Waals surface area (Å²) in [6, 6.07) is 5.53. The lowest BCUT2D eigenvalue weighted by Crippen LogP contribution is -2.25. The Kier molecular flexibility index (Phi) is 5.79. The van der Waals surface area contributed by atoms with Gasteiger partial charge in [0.2, 0.25) is 5.91 Å². The lowest BCUT2D eigenvalue weighted by molar-refractivity contribution is 0.100. The van der Waals surface area contributed by atoms with Crippen molar-refractivity contribution in [3.05, 3.63) is 35.7 Å². The van der Waals surface area contributed by atoms with Crippen LogP contribution in [-0.2, 0) is 13.1 Å². The van der Waals surface area contributed by atoms with Crippen molar-refractivity contribution < 1.29 is 4.79 Å². The fourth-order valence-electron chi connectivity index (χ4n) is 4.36. The molecule has 1 aliphatic carbocycles. The number of H-pyrrole nitrogens is 1. The van der Waals surface area contributed by atoms with Gasteiger partial charge in [-0.15, -0.1) is 0 Å². The Morgan fingerprint density at radius 1 is 1.27 bits per heavy atom. The Bertz CT molecular complexity index is 1310. The van der Waals surface area contributed by atoms with Gasteiger partial charge in [-0.25, -0.2) is 4.98 Å². The number of rotatable bonds is 8. The monoisotopic (exact) mass is 449 g/mol. The van der Waals surface area contributed by atoms with Crippen LogP contribution >= 0.6 is 0 Å². The first-order valence-corrected chi connectivity index (χ1v) is 10.8. The van der Waals surface area contributed by atoms with Crippen LogP contribution in [0, 0.1) is 12.3 Å². The molecule has 1 saturated carbocycles. The van der Waals surface area contributed by atoms with Crippen molar-refractivity contribution in [2.24, 2.45) is 11.1 Å². The summed E-state index contributed by atoms with van der Waals surface area (Å²) >= 11 is 0. The van der Waals surface area contributed by atoms with Gasteiger partial charge in [0.25, 0.3) is 0 Å². The number of primary amides is 1. The summed E-state index contributed by atoms with van der Waals surface area (Å²) in [7, 11) is 1.97. The Hall–Kier alpha value is -3.53. The maximum absolute atomic E-state index is 12.1. The molecule has 0 bridgehead atoms. The molecule has 4 aromatic rings. The van der Waals surface area contributed by atoms with E-state index in [-0.39, 0.29) is 12.8 Å². The number of nitrogens with two attached hydrogens (primary N) is 1. The number of fused-ring (bicyclic) bond motifs is 1. The summed E-state index contributed by atoms with van der Waals surface area (Å²) in [4.78, 5) is 16.8. The predicted molar refractivity (Wildman–Crippen MR) is 128 cm³/mol. The minimum Gasteiger partial charge on any atom is -0.366 e. The average molecular weight is 450 g/mol. The van der Waals surface area contributed by atoms with E-state index in [9.17, 15) is 4.79 Å². The van der Waals surface area contributed by atoms with Gasteiger partial charge in [-0.1, -0.05) is 7.43 Å². The topological polar surface area (TPSA) is 132 Å². The number of hydrogen-bond acceptors (Lipinski definition) is 6. The van der Waals surface area contributed by atoms with Crippen molar-refractivity contribution >= 4 is 16.8 Å². The molecule has 0 unspecified atom stereocenters. The number of amides is 1. The van der Waals surface area contributed by atoms with Crippen LogP contribution in [0.15, 0.2) is 24.4 Å². The van der Waals surface area contributed by atoms with E-state index in [1.54, 1.807) is 6.07 Å². The molecule has 3 aromatic heterocycles. The Morgan fingerprint density at radius 3 is 2.73 bits per heavy atom. The average Bonchev–Trinajstić information content (AvgIpc) is 3.13. The van der Waals surface area contributed by atoms with Gasteiger partial charge in [-0.3, -0.25) is 19.3 Å². The number of aryl methyl sites for hydroxylation is 2. The summed E-state index contributed by atoms with van der Waals surface area (Å²) in [5.41, 5.74) is 9.64. The van der Waals surface area contributed by atoms with E-state index >= 15 is 0 Å². The summed E-state index contributed by atoms with van der Waals surface area (Å²) in [5, 5.41) is 20.8. The molecule has 33 heavy (non-hydrogen) atoms. The number of carbonyl (C=O) groups is 1. The Labute approximate surface area is 192 Å². The lowest BCUT2D eigenvalue weighted by Gasteiger charge is -2.15. The minimum absolute atomic E-state index is 0. The summed E-state index contributed by atoms with van der Waals surface area (Å²) in [6.07, 6.45) is 4.14. The van der Waals surface area contributed by atoms with E-state index < -0.39 is 5.91 Å². The van der Waals surface area contributed by atoms with Crippen molar-refractivity contribution in [1.29, 1.82) is 0 Å². The van der Waals surface area contributed by atoms with E-state index in [1.807, 2.05) is 48.6 Å². The molecule has 0 radical (unpaired) electrons. The molecule has 1 amide bonds. The zero-order valence-corrected chi connectivity index (χ0v) is 18.5.